The molecule has 0 aliphatic heterocycles. The van der Waals surface area contributed by atoms with E-state index in [9.17, 15) is 0 Å². The third-order valence-corrected chi connectivity index (χ3v) is 4.35. The summed E-state index contributed by atoms with van der Waals surface area (Å²) in [6.45, 7) is 4.85. The first-order valence-electron chi connectivity index (χ1n) is 7.83. The first kappa shape index (κ1) is 16.1. The maximum Gasteiger partial charge on any atom is 0.119 e. The molecule has 0 fully saturated rings. The molecule has 1 aromatic heterocycles. The Morgan fingerprint density at radius 1 is 1.05 bits per heavy atom. The molecule has 21 heavy (non-hydrogen) atoms. The van der Waals surface area contributed by atoms with E-state index in [1.54, 1.807) is 0 Å². The van der Waals surface area contributed by atoms with Gasteiger partial charge in [-0.1, -0.05) is 31.5 Å². The zero-order valence-electron chi connectivity index (χ0n) is 12.8. The van der Waals surface area contributed by atoms with Gasteiger partial charge in [-0.15, -0.1) is 11.3 Å². The number of benzene rings is 1. The van der Waals surface area contributed by atoms with E-state index in [2.05, 4.69) is 54.0 Å². The molecule has 1 heterocycles. The predicted molar refractivity (Wildman–Crippen MR) is 91.4 cm³/mol. The number of aryl methyl sites for hydroxylation is 1. The minimum absolute atomic E-state index is 0.721. The van der Waals surface area contributed by atoms with Gasteiger partial charge in [0.25, 0.3) is 0 Å². The molecule has 0 radical (unpaired) electrons. The van der Waals surface area contributed by atoms with Gasteiger partial charge in [-0.05, 0) is 48.4 Å². The van der Waals surface area contributed by atoms with Crippen molar-refractivity contribution in [1.29, 1.82) is 0 Å². The van der Waals surface area contributed by atoms with Crippen LogP contribution >= 0.6 is 11.3 Å². The van der Waals surface area contributed by atoms with E-state index >= 15 is 0 Å². The zero-order chi connectivity index (χ0) is 14.8. The molecule has 2 rings (SSSR count). The van der Waals surface area contributed by atoms with Gasteiger partial charge in [0.15, 0.2) is 0 Å². The van der Waals surface area contributed by atoms with Crippen molar-refractivity contribution in [2.24, 2.45) is 0 Å². The van der Waals surface area contributed by atoms with E-state index in [0.29, 0.717) is 0 Å². The van der Waals surface area contributed by atoms with Gasteiger partial charge < -0.3 is 10.1 Å². The van der Waals surface area contributed by atoms with Crippen molar-refractivity contribution in [2.45, 2.75) is 32.6 Å². The van der Waals surface area contributed by atoms with Crippen molar-refractivity contribution >= 4 is 11.3 Å². The highest BCUT2D eigenvalue weighted by molar-refractivity contribution is 7.09. The van der Waals surface area contributed by atoms with Gasteiger partial charge in [-0.2, -0.15) is 0 Å². The molecule has 2 nitrogen and oxygen atoms in total. The summed E-state index contributed by atoms with van der Waals surface area (Å²) in [5.41, 5.74) is 1.40. The Hall–Kier alpha value is -1.32. The van der Waals surface area contributed by atoms with Crippen LogP contribution in [0.2, 0.25) is 0 Å². The van der Waals surface area contributed by atoms with Crippen LogP contribution in [0.4, 0.5) is 0 Å². The quantitative estimate of drug-likeness (QED) is 0.661. The monoisotopic (exact) mass is 303 g/mol. The summed E-state index contributed by atoms with van der Waals surface area (Å²) in [5.74, 6) is 0.968. The Bertz CT molecular complexity index is 478. The fraction of sp³-hybridized carbons (Fsp3) is 0.444. The number of ether oxygens (including phenoxy) is 1. The second kappa shape index (κ2) is 9.59. The lowest BCUT2D eigenvalue weighted by Gasteiger charge is -2.08. The molecule has 0 saturated carbocycles. The SMILES string of the molecule is CCCCc1ccc(OCCNCCc2cccs2)cc1. The predicted octanol–water partition coefficient (Wildman–Crippen LogP) is 4.30. The molecule has 0 saturated heterocycles. The molecular formula is C18H25NOS. The molecule has 114 valence electrons. The second-order valence-electron chi connectivity index (χ2n) is 5.18. The van der Waals surface area contributed by atoms with Gasteiger partial charge >= 0.3 is 0 Å². The van der Waals surface area contributed by atoms with E-state index in [0.717, 1.165) is 31.9 Å². The third-order valence-electron chi connectivity index (χ3n) is 3.42. The molecule has 0 bridgehead atoms. The zero-order valence-corrected chi connectivity index (χ0v) is 13.6. The van der Waals surface area contributed by atoms with Gasteiger partial charge in [0.05, 0.1) is 0 Å². The first-order chi connectivity index (χ1) is 10.4. The van der Waals surface area contributed by atoms with Gasteiger partial charge in [-0.25, -0.2) is 0 Å². The molecule has 0 amide bonds. The molecule has 0 unspecified atom stereocenters. The van der Waals surface area contributed by atoms with Gasteiger partial charge in [-0.3, -0.25) is 0 Å². The second-order valence-corrected chi connectivity index (χ2v) is 6.21. The number of hydrogen-bond donors (Lipinski definition) is 1. The minimum atomic E-state index is 0.721. The lowest BCUT2D eigenvalue weighted by atomic mass is 10.1. The molecule has 0 atom stereocenters. The fourth-order valence-corrected chi connectivity index (χ4v) is 2.87. The molecule has 0 aliphatic carbocycles. The largest absolute Gasteiger partial charge is 0.492 e. The lowest BCUT2D eigenvalue weighted by Crippen LogP contribution is -2.23. The van der Waals surface area contributed by atoms with Crippen molar-refractivity contribution in [3.8, 4) is 5.75 Å². The fourth-order valence-electron chi connectivity index (χ4n) is 2.17. The lowest BCUT2D eigenvalue weighted by molar-refractivity contribution is 0.314. The highest BCUT2D eigenvalue weighted by atomic mass is 32.1. The van der Waals surface area contributed by atoms with Crippen molar-refractivity contribution in [1.82, 2.24) is 5.32 Å². The van der Waals surface area contributed by atoms with Gasteiger partial charge in [0.1, 0.15) is 12.4 Å². The average Bonchev–Trinajstić information content (AvgIpc) is 3.03. The smallest absolute Gasteiger partial charge is 0.119 e. The minimum Gasteiger partial charge on any atom is -0.492 e. The van der Waals surface area contributed by atoms with Crippen LogP contribution in [0, 0.1) is 0 Å². The third kappa shape index (κ3) is 6.32. The van der Waals surface area contributed by atoms with E-state index < -0.39 is 0 Å². The number of nitrogens with one attached hydrogen (secondary N) is 1. The van der Waals surface area contributed by atoms with E-state index in [1.165, 1.54) is 29.7 Å². The van der Waals surface area contributed by atoms with E-state index in [-0.39, 0.29) is 0 Å². The van der Waals surface area contributed by atoms with Crippen LogP contribution in [0.3, 0.4) is 0 Å². The Labute approximate surface area is 132 Å². The van der Waals surface area contributed by atoms with Crippen molar-refractivity contribution < 1.29 is 4.74 Å². The highest BCUT2D eigenvalue weighted by Gasteiger charge is 1.97. The van der Waals surface area contributed by atoms with Crippen LogP contribution < -0.4 is 10.1 Å². The van der Waals surface area contributed by atoms with Gasteiger partial charge in [0.2, 0.25) is 0 Å². The molecule has 0 spiro atoms. The number of hydrogen-bond acceptors (Lipinski definition) is 3. The van der Waals surface area contributed by atoms with Gasteiger partial charge in [0, 0.05) is 18.0 Å². The Morgan fingerprint density at radius 2 is 1.90 bits per heavy atom. The Morgan fingerprint density at radius 3 is 2.62 bits per heavy atom. The summed E-state index contributed by atoms with van der Waals surface area (Å²) in [5, 5.41) is 5.54. The molecule has 1 N–H and O–H groups in total. The van der Waals surface area contributed by atoms with Crippen molar-refractivity contribution in [3.05, 3.63) is 52.2 Å². The maximum atomic E-state index is 5.74. The van der Waals surface area contributed by atoms with Crippen molar-refractivity contribution in [2.75, 3.05) is 19.7 Å². The maximum absolute atomic E-state index is 5.74. The van der Waals surface area contributed by atoms with Crippen LogP contribution in [0.1, 0.15) is 30.2 Å². The highest BCUT2D eigenvalue weighted by Crippen LogP contribution is 2.13. The average molecular weight is 303 g/mol. The Kier molecular flexibility index (Phi) is 7.33. The normalized spacial score (nSPS) is 10.7. The summed E-state index contributed by atoms with van der Waals surface area (Å²) in [6.07, 6.45) is 4.77. The van der Waals surface area contributed by atoms with Crippen LogP contribution in [0.5, 0.6) is 5.75 Å². The standard InChI is InChI=1S/C18H25NOS/c1-2-3-5-16-7-9-17(10-8-16)20-14-13-19-12-11-18-6-4-15-21-18/h4,6-10,15,19H,2-3,5,11-14H2,1H3. The van der Waals surface area contributed by atoms with E-state index in [1.807, 2.05) is 11.3 Å². The Balaban J connectivity index is 1.55. The van der Waals surface area contributed by atoms with Crippen LogP contribution in [-0.4, -0.2) is 19.7 Å². The molecular weight excluding hydrogens is 278 g/mol. The number of thiophene rings is 1. The summed E-state index contributed by atoms with van der Waals surface area (Å²) in [4.78, 5) is 1.44. The van der Waals surface area contributed by atoms with Crippen LogP contribution in [-0.2, 0) is 12.8 Å². The summed E-state index contributed by atoms with van der Waals surface area (Å²) < 4.78 is 5.74. The van der Waals surface area contributed by atoms with E-state index in [4.69, 9.17) is 4.74 Å². The molecule has 0 aliphatic rings. The number of unbranched alkanes of at least 4 members (excludes halogenated alkanes) is 1. The number of rotatable bonds is 10. The van der Waals surface area contributed by atoms with Crippen molar-refractivity contribution in [3.63, 3.8) is 0 Å². The molecule has 2 aromatic rings. The summed E-state index contributed by atoms with van der Waals surface area (Å²) >= 11 is 1.82. The van der Waals surface area contributed by atoms with Crippen LogP contribution in [0.15, 0.2) is 41.8 Å². The molecule has 1 aromatic carbocycles. The topological polar surface area (TPSA) is 21.3 Å². The van der Waals surface area contributed by atoms with Crippen LogP contribution in [0.25, 0.3) is 0 Å². The molecule has 3 heteroatoms. The summed E-state index contributed by atoms with van der Waals surface area (Å²) in [7, 11) is 0. The first-order valence-corrected chi connectivity index (χ1v) is 8.71. The summed E-state index contributed by atoms with van der Waals surface area (Å²) in [6, 6.07) is 12.8.